The minimum atomic E-state index is -4.59. The molecule has 0 aliphatic rings. The Bertz CT molecular complexity index is 670. The van der Waals surface area contributed by atoms with E-state index in [1.165, 1.54) is 12.3 Å². The van der Waals surface area contributed by atoms with Crippen molar-refractivity contribution in [2.75, 3.05) is 13.2 Å². The Balaban J connectivity index is 1.78. The Morgan fingerprint density at radius 1 is 1.43 bits per heavy atom. The second kappa shape index (κ2) is 6.10. The summed E-state index contributed by atoms with van der Waals surface area (Å²) in [7, 11) is -4.59. The van der Waals surface area contributed by atoms with Gasteiger partial charge in [-0.05, 0) is 0 Å². The summed E-state index contributed by atoms with van der Waals surface area (Å²) in [6.07, 6.45) is 0.366. The highest BCUT2D eigenvalue weighted by atomic mass is 31.2. The Labute approximate surface area is 117 Å². The van der Waals surface area contributed by atoms with Crippen molar-refractivity contribution in [3.8, 4) is 0 Å². The van der Waals surface area contributed by atoms with Crippen LogP contribution < -0.4 is 5.32 Å². The molecule has 2 rings (SSSR count). The van der Waals surface area contributed by atoms with Gasteiger partial charge in [-0.1, -0.05) is 0 Å². The number of hydrogen-bond donors (Lipinski definition) is 4. The third-order valence-electron chi connectivity index (χ3n) is 2.28. The van der Waals surface area contributed by atoms with Crippen molar-refractivity contribution < 1.29 is 37.6 Å². The van der Waals surface area contributed by atoms with Crippen LogP contribution >= 0.6 is 7.82 Å². The molecule has 0 saturated heterocycles. The molecule has 0 aliphatic heterocycles. The Morgan fingerprint density at radius 2 is 2.19 bits per heavy atom. The predicted molar refractivity (Wildman–Crippen MR) is 67.4 cm³/mol. The number of carbonyl (C=O) groups excluding carboxylic acids is 2. The maximum atomic E-state index is 11.6. The van der Waals surface area contributed by atoms with E-state index in [-0.39, 0.29) is 12.2 Å². The first-order valence-electron chi connectivity index (χ1n) is 5.61. The molecule has 0 aliphatic carbocycles. The molecule has 0 spiro atoms. The Morgan fingerprint density at radius 3 is 2.86 bits per heavy atom. The van der Waals surface area contributed by atoms with Gasteiger partial charge >= 0.3 is 19.9 Å². The zero-order valence-electron chi connectivity index (χ0n) is 10.4. The Kier molecular flexibility index (Phi) is 4.43. The summed E-state index contributed by atoms with van der Waals surface area (Å²) in [5.41, 5.74) is 1.06. The van der Waals surface area contributed by atoms with E-state index < -0.39 is 26.5 Å². The quantitative estimate of drug-likeness (QED) is 0.273. The first kappa shape index (κ1) is 15.3. The lowest BCUT2D eigenvalue weighted by atomic mass is 10.4. The van der Waals surface area contributed by atoms with E-state index in [0.29, 0.717) is 11.1 Å². The molecule has 10 nitrogen and oxygen atoms in total. The van der Waals surface area contributed by atoms with Crippen LogP contribution in [-0.4, -0.2) is 40.0 Å². The molecule has 1 amide bonds. The van der Waals surface area contributed by atoms with Crippen LogP contribution in [0.3, 0.4) is 0 Å². The molecular formula is C10H11N2O8P. The maximum absolute atomic E-state index is 11.6. The molecule has 4 N–H and O–H groups in total. The number of aromatic nitrogens is 1. The molecule has 0 saturated carbocycles. The number of ether oxygens (including phenoxy) is 1. The van der Waals surface area contributed by atoms with E-state index in [1.54, 1.807) is 6.07 Å². The van der Waals surface area contributed by atoms with Gasteiger partial charge in [0.25, 0.3) is 0 Å². The minimum absolute atomic E-state index is 0.0333. The number of phosphoric acid groups is 1. The van der Waals surface area contributed by atoms with Crippen LogP contribution in [0.4, 0.5) is 4.79 Å². The van der Waals surface area contributed by atoms with E-state index in [1.807, 2.05) is 0 Å². The molecule has 0 atom stereocenters. The van der Waals surface area contributed by atoms with Crippen LogP contribution in [0.1, 0.15) is 10.5 Å². The van der Waals surface area contributed by atoms with Gasteiger partial charge in [-0.3, -0.25) is 4.52 Å². The third kappa shape index (κ3) is 4.43. The minimum Gasteiger partial charge on any atom is -0.463 e. The molecule has 0 aromatic carbocycles. The summed E-state index contributed by atoms with van der Waals surface area (Å²) in [6.45, 7) is -0.659. The van der Waals surface area contributed by atoms with E-state index in [4.69, 9.17) is 14.2 Å². The number of rotatable bonds is 5. The van der Waals surface area contributed by atoms with Crippen LogP contribution in [-0.2, 0) is 13.8 Å². The second-order valence-electron chi connectivity index (χ2n) is 3.81. The molecule has 11 heteroatoms. The van der Waals surface area contributed by atoms with Crippen molar-refractivity contribution in [1.29, 1.82) is 0 Å². The number of furan rings is 1. The van der Waals surface area contributed by atoms with Crippen molar-refractivity contribution in [2.24, 2.45) is 0 Å². The number of alkyl carbamates (subject to hydrolysis) is 1. The van der Waals surface area contributed by atoms with Crippen molar-refractivity contribution in [3.05, 3.63) is 24.1 Å². The van der Waals surface area contributed by atoms with Gasteiger partial charge in [0.05, 0.1) is 18.4 Å². The maximum Gasteiger partial charge on any atom is 0.469 e. The lowest BCUT2D eigenvalue weighted by Gasteiger charge is -2.06. The van der Waals surface area contributed by atoms with Gasteiger partial charge < -0.3 is 29.2 Å². The second-order valence-corrected chi connectivity index (χ2v) is 5.05. The molecule has 2 heterocycles. The Hall–Kier alpha value is -2.13. The van der Waals surface area contributed by atoms with Gasteiger partial charge in [-0.25, -0.2) is 14.2 Å². The van der Waals surface area contributed by atoms with Crippen molar-refractivity contribution in [2.45, 2.75) is 0 Å². The number of esters is 1. The largest absolute Gasteiger partial charge is 0.469 e. The lowest BCUT2D eigenvalue weighted by Crippen LogP contribution is -2.29. The SMILES string of the molecule is O=C(NCCOP(=O)(O)O)OC(=O)c1cc2occc2[nH]1. The fourth-order valence-electron chi connectivity index (χ4n) is 1.45. The summed E-state index contributed by atoms with van der Waals surface area (Å²) in [6, 6.07) is 2.98. The van der Waals surface area contributed by atoms with Crippen molar-refractivity contribution in [3.63, 3.8) is 0 Å². The van der Waals surface area contributed by atoms with Gasteiger partial charge in [0.1, 0.15) is 5.69 Å². The smallest absolute Gasteiger partial charge is 0.463 e. The van der Waals surface area contributed by atoms with Crippen molar-refractivity contribution in [1.82, 2.24) is 10.3 Å². The fourth-order valence-corrected chi connectivity index (χ4v) is 1.78. The van der Waals surface area contributed by atoms with E-state index in [9.17, 15) is 14.2 Å². The van der Waals surface area contributed by atoms with Crippen molar-refractivity contribution >= 4 is 31.0 Å². The molecular weight excluding hydrogens is 307 g/mol. The van der Waals surface area contributed by atoms with Crippen LogP contribution in [0, 0.1) is 0 Å². The molecule has 2 aromatic rings. The van der Waals surface area contributed by atoms with E-state index >= 15 is 0 Å². The fraction of sp³-hybridized carbons (Fsp3) is 0.200. The van der Waals surface area contributed by atoms with E-state index in [2.05, 4.69) is 19.6 Å². The number of carbonyl (C=O) groups is 2. The third-order valence-corrected chi connectivity index (χ3v) is 2.80. The first-order chi connectivity index (χ1) is 9.85. The molecule has 0 fully saturated rings. The molecule has 0 bridgehead atoms. The summed E-state index contributed by atoms with van der Waals surface area (Å²) < 4.78 is 23.9. The average molecular weight is 318 g/mol. The van der Waals surface area contributed by atoms with Gasteiger partial charge in [0, 0.05) is 18.7 Å². The van der Waals surface area contributed by atoms with Crippen LogP contribution in [0.5, 0.6) is 0 Å². The highest BCUT2D eigenvalue weighted by molar-refractivity contribution is 7.46. The number of nitrogens with one attached hydrogen (secondary N) is 2. The summed E-state index contributed by atoms with van der Waals surface area (Å²) in [5, 5.41) is 2.10. The number of H-pyrrole nitrogens is 1. The number of amides is 1. The standard InChI is InChI=1S/C10H11N2O8P/c13-9(7-5-8-6(12-7)1-3-18-8)20-10(14)11-2-4-19-21(15,16)17/h1,3,5,12H,2,4H2,(H,11,14)(H2,15,16,17). The normalized spacial score (nSPS) is 11.5. The molecule has 2 aromatic heterocycles. The molecule has 21 heavy (non-hydrogen) atoms. The van der Waals surface area contributed by atoms with Gasteiger partial charge in [-0.15, -0.1) is 0 Å². The molecule has 0 unspecified atom stereocenters. The van der Waals surface area contributed by atoms with Crippen LogP contribution in [0.15, 0.2) is 22.8 Å². The predicted octanol–water partition coefficient (Wildman–Crippen LogP) is 0.737. The summed E-state index contributed by atoms with van der Waals surface area (Å²) >= 11 is 0. The average Bonchev–Trinajstić information content (AvgIpc) is 2.93. The van der Waals surface area contributed by atoms with Crippen LogP contribution in [0.2, 0.25) is 0 Å². The van der Waals surface area contributed by atoms with Gasteiger partial charge in [0.2, 0.25) is 0 Å². The molecule has 0 radical (unpaired) electrons. The summed E-state index contributed by atoms with van der Waals surface area (Å²) in [4.78, 5) is 42.4. The first-order valence-corrected chi connectivity index (χ1v) is 7.14. The number of hydrogen-bond acceptors (Lipinski definition) is 6. The lowest BCUT2D eigenvalue weighted by molar-refractivity contribution is 0.0613. The topological polar surface area (TPSA) is 151 Å². The highest BCUT2D eigenvalue weighted by Crippen LogP contribution is 2.35. The monoisotopic (exact) mass is 318 g/mol. The number of fused-ring (bicyclic) bond motifs is 1. The van der Waals surface area contributed by atoms with Crippen LogP contribution in [0.25, 0.3) is 11.1 Å². The van der Waals surface area contributed by atoms with E-state index in [0.717, 1.165) is 0 Å². The zero-order chi connectivity index (χ0) is 15.5. The highest BCUT2D eigenvalue weighted by Gasteiger charge is 2.17. The number of phosphoric ester groups is 1. The summed E-state index contributed by atoms with van der Waals surface area (Å²) in [5.74, 6) is -0.921. The molecule has 114 valence electrons. The number of aromatic amines is 1. The zero-order valence-corrected chi connectivity index (χ0v) is 11.3. The van der Waals surface area contributed by atoms with Gasteiger partial charge in [0.15, 0.2) is 5.58 Å². The van der Waals surface area contributed by atoms with Gasteiger partial charge in [-0.2, -0.15) is 0 Å².